The normalized spacial score (nSPS) is 15.7. The van der Waals surface area contributed by atoms with Crippen LogP contribution >= 0.6 is 0 Å². The number of nitrogens with zero attached hydrogens (tertiary/aromatic N) is 1. The van der Waals surface area contributed by atoms with Crippen LogP contribution in [0.2, 0.25) is 0 Å². The second kappa shape index (κ2) is 6.85. The molecule has 0 radical (unpaired) electrons. The number of Topliss-reactive ketones (excluding diaryl/α,β-unsaturated/α-hetero) is 1. The number of pyridine rings is 1. The van der Waals surface area contributed by atoms with Crippen LogP contribution in [-0.4, -0.2) is 31.0 Å². The Morgan fingerprint density at radius 1 is 1.07 bits per heavy atom. The molecule has 1 unspecified atom stereocenters. The average Bonchev–Trinajstić information content (AvgIpc) is 2.70. The molecule has 3 aromatic rings. The van der Waals surface area contributed by atoms with Gasteiger partial charge in [0.2, 0.25) is 0 Å². The average molecular weight is 360 g/mol. The third kappa shape index (κ3) is 3.06. The van der Waals surface area contributed by atoms with E-state index in [2.05, 4.69) is 4.98 Å². The summed E-state index contributed by atoms with van der Waals surface area (Å²) in [5.74, 6) is 1.31. The van der Waals surface area contributed by atoms with Gasteiger partial charge in [-0.15, -0.1) is 0 Å². The number of rotatable bonds is 4. The fourth-order valence-electron chi connectivity index (χ4n) is 3.50. The highest BCUT2D eigenvalue weighted by molar-refractivity contribution is 6.10. The molecule has 0 spiro atoms. The minimum atomic E-state index is -0.640. The van der Waals surface area contributed by atoms with Crippen LogP contribution in [0, 0.1) is 0 Å². The summed E-state index contributed by atoms with van der Waals surface area (Å²) in [5.41, 5.74) is 10.0. The molecule has 1 heterocycles. The number of nitrogens with two attached hydrogens (primary N) is 1. The van der Waals surface area contributed by atoms with E-state index in [1.807, 2.05) is 48.5 Å². The van der Waals surface area contributed by atoms with E-state index in [0.717, 1.165) is 22.0 Å². The number of benzene rings is 2. The molecule has 0 saturated carbocycles. The lowest BCUT2D eigenvalue weighted by molar-refractivity contribution is 0.0975. The second-order valence-electron chi connectivity index (χ2n) is 6.51. The van der Waals surface area contributed by atoms with Crippen LogP contribution in [0.5, 0.6) is 11.5 Å². The summed E-state index contributed by atoms with van der Waals surface area (Å²) in [7, 11) is 3.24. The van der Waals surface area contributed by atoms with Crippen molar-refractivity contribution >= 4 is 22.8 Å². The lowest BCUT2D eigenvalue weighted by atomic mass is 9.87. The number of fused-ring (bicyclic) bond motifs is 2. The van der Waals surface area contributed by atoms with Gasteiger partial charge in [0.1, 0.15) is 11.5 Å². The first kappa shape index (κ1) is 17.2. The molecule has 1 aromatic heterocycles. The zero-order valence-corrected chi connectivity index (χ0v) is 15.2. The van der Waals surface area contributed by atoms with E-state index in [-0.39, 0.29) is 5.78 Å². The Balaban J connectivity index is 1.94. The van der Waals surface area contributed by atoms with Gasteiger partial charge in [0.15, 0.2) is 5.78 Å². The molecular weight excluding hydrogens is 340 g/mol. The molecule has 0 fully saturated rings. The lowest BCUT2D eigenvalue weighted by Crippen LogP contribution is -2.32. The fourth-order valence-corrected chi connectivity index (χ4v) is 3.50. The van der Waals surface area contributed by atoms with Crippen molar-refractivity contribution in [2.45, 2.75) is 12.5 Å². The topological polar surface area (TPSA) is 74.4 Å². The number of carbonyl (C=O) groups is 1. The van der Waals surface area contributed by atoms with Crippen molar-refractivity contribution in [3.05, 3.63) is 70.9 Å². The third-order valence-corrected chi connectivity index (χ3v) is 4.83. The van der Waals surface area contributed by atoms with Gasteiger partial charge in [0.25, 0.3) is 0 Å². The van der Waals surface area contributed by atoms with Crippen LogP contribution in [-0.2, 0) is 6.42 Å². The Kier molecular flexibility index (Phi) is 4.38. The van der Waals surface area contributed by atoms with Gasteiger partial charge in [-0.2, -0.15) is 0 Å². The molecule has 0 bridgehead atoms. The smallest absolute Gasteiger partial charge is 0.185 e. The number of ether oxygens (including phenoxy) is 2. The number of methoxy groups -OCH3 is 2. The minimum Gasteiger partial charge on any atom is -0.497 e. The van der Waals surface area contributed by atoms with Crippen molar-refractivity contribution in [3.8, 4) is 11.5 Å². The van der Waals surface area contributed by atoms with Gasteiger partial charge in [0, 0.05) is 17.0 Å². The van der Waals surface area contributed by atoms with E-state index >= 15 is 0 Å². The van der Waals surface area contributed by atoms with Crippen LogP contribution < -0.4 is 15.2 Å². The summed E-state index contributed by atoms with van der Waals surface area (Å²) in [5, 5.41) is 0.953. The molecule has 1 aliphatic carbocycles. The Hall–Kier alpha value is -3.18. The molecule has 136 valence electrons. The molecule has 4 rings (SSSR count). The Bertz CT molecular complexity index is 1050. The number of para-hydroxylation sites is 1. The van der Waals surface area contributed by atoms with Crippen LogP contribution in [0.3, 0.4) is 0 Å². The summed E-state index contributed by atoms with van der Waals surface area (Å²) in [6.45, 7) is 0. The van der Waals surface area contributed by atoms with Crippen LogP contribution in [0.1, 0.15) is 27.2 Å². The van der Waals surface area contributed by atoms with E-state index in [4.69, 9.17) is 15.2 Å². The predicted molar refractivity (Wildman–Crippen MR) is 105 cm³/mol. The summed E-state index contributed by atoms with van der Waals surface area (Å²) in [6, 6.07) is 12.9. The largest absolute Gasteiger partial charge is 0.497 e. The van der Waals surface area contributed by atoms with E-state index < -0.39 is 6.04 Å². The van der Waals surface area contributed by atoms with Crippen molar-refractivity contribution in [2.75, 3.05) is 14.2 Å². The number of hydrogen-bond acceptors (Lipinski definition) is 5. The molecular formula is C22H20N2O3. The maximum atomic E-state index is 12.9. The minimum absolute atomic E-state index is 0.101. The number of ketones is 1. The lowest BCUT2D eigenvalue weighted by Gasteiger charge is -2.20. The maximum absolute atomic E-state index is 12.9. The highest BCUT2D eigenvalue weighted by atomic mass is 16.5. The quantitative estimate of drug-likeness (QED) is 0.772. The van der Waals surface area contributed by atoms with Gasteiger partial charge in [-0.3, -0.25) is 4.79 Å². The molecule has 1 atom stereocenters. The number of carbonyl (C=O) groups excluding carboxylic acids is 1. The molecule has 0 amide bonds. The van der Waals surface area contributed by atoms with Gasteiger partial charge >= 0.3 is 0 Å². The Morgan fingerprint density at radius 3 is 2.48 bits per heavy atom. The molecule has 0 aliphatic heterocycles. The first-order valence-electron chi connectivity index (χ1n) is 8.72. The highest BCUT2D eigenvalue weighted by Gasteiger charge is 2.26. The van der Waals surface area contributed by atoms with Gasteiger partial charge in [-0.05, 0) is 41.8 Å². The van der Waals surface area contributed by atoms with Crippen molar-refractivity contribution in [3.63, 3.8) is 0 Å². The fraction of sp³-hybridized carbons (Fsp3) is 0.182. The summed E-state index contributed by atoms with van der Waals surface area (Å²) < 4.78 is 10.8. The molecule has 0 saturated heterocycles. The van der Waals surface area contributed by atoms with Gasteiger partial charge < -0.3 is 15.2 Å². The van der Waals surface area contributed by atoms with E-state index in [0.29, 0.717) is 29.2 Å². The zero-order valence-electron chi connectivity index (χ0n) is 15.2. The number of hydrogen-bond donors (Lipinski definition) is 1. The Labute approximate surface area is 157 Å². The van der Waals surface area contributed by atoms with E-state index in [1.54, 1.807) is 20.3 Å². The SMILES string of the molecule is COc1cc(Cc2c3c(nc4ccccc24)C=CC(N)C3=O)cc(OC)c1. The molecule has 2 aromatic carbocycles. The first-order valence-corrected chi connectivity index (χ1v) is 8.72. The van der Waals surface area contributed by atoms with E-state index in [1.165, 1.54) is 0 Å². The zero-order chi connectivity index (χ0) is 19.0. The van der Waals surface area contributed by atoms with Crippen molar-refractivity contribution in [1.29, 1.82) is 0 Å². The van der Waals surface area contributed by atoms with Crippen molar-refractivity contribution in [1.82, 2.24) is 4.98 Å². The second-order valence-corrected chi connectivity index (χ2v) is 6.51. The van der Waals surface area contributed by atoms with Crippen molar-refractivity contribution in [2.24, 2.45) is 5.73 Å². The summed E-state index contributed by atoms with van der Waals surface area (Å²) >= 11 is 0. The van der Waals surface area contributed by atoms with Crippen LogP contribution in [0.15, 0.2) is 48.5 Å². The van der Waals surface area contributed by atoms with Crippen LogP contribution in [0.25, 0.3) is 17.0 Å². The maximum Gasteiger partial charge on any atom is 0.185 e. The van der Waals surface area contributed by atoms with Crippen molar-refractivity contribution < 1.29 is 14.3 Å². The van der Waals surface area contributed by atoms with Gasteiger partial charge in [-0.25, -0.2) is 4.98 Å². The molecule has 1 aliphatic rings. The van der Waals surface area contributed by atoms with Gasteiger partial charge in [-0.1, -0.05) is 24.3 Å². The van der Waals surface area contributed by atoms with Gasteiger partial charge in [0.05, 0.1) is 31.5 Å². The summed E-state index contributed by atoms with van der Waals surface area (Å²) in [6.07, 6.45) is 4.08. The highest BCUT2D eigenvalue weighted by Crippen LogP contribution is 2.32. The first-order chi connectivity index (χ1) is 13.1. The molecule has 2 N–H and O–H groups in total. The molecule has 27 heavy (non-hydrogen) atoms. The number of aromatic nitrogens is 1. The van der Waals surface area contributed by atoms with Crippen LogP contribution in [0.4, 0.5) is 0 Å². The summed E-state index contributed by atoms with van der Waals surface area (Å²) in [4.78, 5) is 17.5. The molecule has 5 nitrogen and oxygen atoms in total. The third-order valence-electron chi connectivity index (χ3n) is 4.83. The predicted octanol–water partition coefficient (Wildman–Crippen LogP) is 3.38. The molecule has 5 heteroatoms. The Morgan fingerprint density at radius 2 is 1.78 bits per heavy atom. The monoisotopic (exact) mass is 360 g/mol. The standard InChI is InChI=1S/C22H20N2O3/c1-26-14-9-13(10-15(12-14)27-2)11-17-16-5-3-4-6-19(16)24-20-8-7-18(23)22(25)21(17)20/h3-10,12,18H,11,23H2,1-2H3. The van der Waals surface area contributed by atoms with E-state index in [9.17, 15) is 4.79 Å².